The number of aromatic nitrogens is 1. The molecule has 68 valence electrons. The molecule has 0 atom stereocenters. The predicted octanol–water partition coefficient (Wildman–Crippen LogP) is 0.907. The summed E-state index contributed by atoms with van der Waals surface area (Å²) >= 11 is 1.06. The van der Waals surface area contributed by atoms with Crippen molar-refractivity contribution in [1.82, 2.24) is 4.98 Å². The maximum absolute atomic E-state index is 11.4. The Kier molecular flexibility index (Phi) is 2.39. The number of nitrogen functional groups attached to an aromatic ring is 1. The van der Waals surface area contributed by atoms with Gasteiger partial charge in [-0.3, -0.25) is 0 Å². The first-order valence-corrected chi connectivity index (χ1v) is 5.82. The van der Waals surface area contributed by atoms with Gasteiger partial charge in [-0.05, 0) is 13.8 Å². The molecule has 0 amide bonds. The highest BCUT2D eigenvalue weighted by molar-refractivity contribution is 7.93. The fourth-order valence-electron chi connectivity index (χ4n) is 0.601. The van der Waals surface area contributed by atoms with Gasteiger partial charge in [0.25, 0.3) is 0 Å². The van der Waals surface area contributed by atoms with E-state index in [0.717, 1.165) is 11.3 Å². The summed E-state index contributed by atoms with van der Waals surface area (Å²) in [5.74, 6) is 0.263. The number of anilines is 1. The van der Waals surface area contributed by atoms with E-state index in [1.54, 1.807) is 13.8 Å². The van der Waals surface area contributed by atoms with Crippen molar-refractivity contribution >= 4 is 27.0 Å². The fraction of sp³-hybridized carbons (Fsp3) is 0.500. The molecule has 1 aromatic heterocycles. The second-order valence-electron chi connectivity index (χ2n) is 2.63. The van der Waals surface area contributed by atoms with Crippen LogP contribution in [0.3, 0.4) is 0 Å². The number of thiazole rings is 1. The van der Waals surface area contributed by atoms with Gasteiger partial charge in [0.1, 0.15) is 5.82 Å². The molecule has 6 heteroatoms. The van der Waals surface area contributed by atoms with Crippen LogP contribution in [0.2, 0.25) is 0 Å². The summed E-state index contributed by atoms with van der Waals surface area (Å²) in [6.45, 7) is 3.24. The third kappa shape index (κ3) is 1.59. The lowest BCUT2D eigenvalue weighted by Gasteiger charge is -2.01. The van der Waals surface area contributed by atoms with E-state index < -0.39 is 15.1 Å². The first-order valence-electron chi connectivity index (χ1n) is 3.39. The summed E-state index contributed by atoms with van der Waals surface area (Å²) in [5, 5.41) is 1.08. The molecule has 0 fully saturated rings. The van der Waals surface area contributed by atoms with Gasteiger partial charge in [0.2, 0.25) is 14.2 Å². The van der Waals surface area contributed by atoms with E-state index in [-0.39, 0.29) is 10.2 Å². The van der Waals surface area contributed by atoms with E-state index in [1.165, 1.54) is 5.38 Å². The molecular formula is C6H10N2O2S2. The zero-order valence-corrected chi connectivity index (χ0v) is 8.45. The second-order valence-corrected chi connectivity index (χ2v) is 6.17. The molecule has 0 aromatic carbocycles. The highest BCUT2D eigenvalue weighted by Crippen LogP contribution is 2.20. The van der Waals surface area contributed by atoms with Crippen molar-refractivity contribution in [2.24, 2.45) is 0 Å². The van der Waals surface area contributed by atoms with E-state index in [1.807, 2.05) is 0 Å². The Labute approximate surface area is 75.4 Å². The third-order valence-electron chi connectivity index (χ3n) is 1.36. The van der Waals surface area contributed by atoms with Crippen LogP contribution in [-0.2, 0) is 9.84 Å². The largest absolute Gasteiger partial charge is 0.383 e. The van der Waals surface area contributed by atoms with E-state index in [9.17, 15) is 8.42 Å². The molecule has 1 heterocycles. The van der Waals surface area contributed by atoms with Crippen LogP contribution in [0, 0.1) is 0 Å². The fourth-order valence-corrected chi connectivity index (χ4v) is 2.93. The average Bonchev–Trinajstić information content (AvgIpc) is 2.35. The maximum Gasteiger partial charge on any atom is 0.211 e. The summed E-state index contributed by atoms with van der Waals surface area (Å²) < 4.78 is 23.0. The lowest BCUT2D eigenvalue weighted by Crippen LogP contribution is -2.13. The molecule has 0 radical (unpaired) electrons. The molecule has 4 nitrogen and oxygen atoms in total. The summed E-state index contributed by atoms with van der Waals surface area (Å²) in [7, 11) is -3.23. The van der Waals surface area contributed by atoms with Crippen molar-refractivity contribution < 1.29 is 8.42 Å². The van der Waals surface area contributed by atoms with Crippen molar-refractivity contribution in [3.05, 3.63) is 5.38 Å². The van der Waals surface area contributed by atoms with Gasteiger partial charge in [-0.25, -0.2) is 13.4 Å². The minimum atomic E-state index is -3.23. The Balaban J connectivity index is 3.15. The van der Waals surface area contributed by atoms with Crippen molar-refractivity contribution in [1.29, 1.82) is 0 Å². The first kappa shape index (κ1) is 9.47. The van der Waals surface area contributed by atoms with Crippen LogP contribution >= 0.6 is 11.3 Å². The van der Waals surface area contributed by atoms with E-state index in [2.05, 4.69) is 4.98 Å². The van der Waals surface area contributed by atoms with Crippen LogP contribution in [0.1, 0.15) is 13.8 Å². The van der Waals surface area contributed by atoms with Crippen LogP contribution < -0.4 is 5.73 Å². The average molecular weight is 206 g/mol. The van der Waals surface area contributed by atoms with Crippen molar-refractivity contribution in [2.75, 3.05) is 5.73 Å². The Hall–Kier alpha value is -0.620. The highest BCUT2D eigenvalue weighted by Gasteiger charge is 2.22. The number of nitrogens with zero attached hydrogens (tertiary/aromatic N) is 1. The molecule has 0 saturated heterocycles. The van der Waals surface area contributed by atoms with E-state index in [0.29, 0.717) is 0 Å². The van der Waals surface area contributed by atoms with Gasteiger partial charge in [-0.1, -0.05) is 0 Å². The van der Waals surface area contributed by atoms with Gasteiger partial charge in [0.05, 0.1) is 5.25 Å². The number of rotatable bonds is 2. The first-order chi connectivity index (χ1) is 5.44. The summed E-state index contributed by atoms with van der Waals surface area (Å²) in [5.41, 5.74) is 5.31. The number of sulfone groups is 1. The van der Waals surface area contributed by atoms with Crippen LogP contribution in [-0.4, -0.2) is 18.7 Å². The van der Waals surface area contributed by atoms with Gasteiger partial charge >= 0.3 is 0 Å². The lowest BCUT2D eigenvalue weighted by atomic mass is 10.6. The SMILES string of the molecule is CC(C)S(=O)(=O)c1nc(N)cs1. The van der Waals surface area contributed by atoms with E-state index >= 15 is 0 Å². The zero-order valence-electron chi connectivity index (χ0n) is 6.81. The highest BCUT2D eigenvalue weighted by atomic mass is 32.2. The second kappa shape index (κ2) is 3.02. The Morgan fingerprint density at radius 2 is 2.17 bits per heavy atom. The van der Waals surface area contributed by atoms with Gasteiger partial charge in [-0.2, -0.15) is 0 Å². The Morgan fingerprint density at radius 1 is 1.58 bits per heavy atom. The standard InChI is InChI=1S/C6H10N2O2S2/c1-4(2)12(9,10)6-8-5(7)3-11-6/h3-4H,7H2,1-2H3. The van der Waals surface area contributed by atoms with Crippen LogP contribution in [0.4, 0.5) is 5.82 Å². The van der Waals surface area contributed by atoms with Crippen LogP contribution in [0.15, 0.2) is 9.72 Å². The topological polar surface area (TPSA) is 73.0 Å². The number of nitrogens with two attached hydrogens (primary N) is 1. The van der Waals surface area contributed by atoms with Gasteiger partial charge in [0, 0.05) is 5.38 Å². The predicted molar refractivity (Wildman–Crippen MR) is 48.8 cm³/mol. The number of hydrogen-bond donors (Lipinski definition) is 1. The molecule has 12 heavy (non-hydrogen) atoms. The molecule has 0 aliphatic carbocycles. The van der Waals surface area contributed by atoms with Gasteiger partial charge in [0.15, 0.2) is 0 Å². The minimum Gasteiger partial charge on any atom is -0.383 e. The molecule has 1 aromatic rings. The van der Waals surface area contributed by atoms with Crippen LogP contribution in [0.5, 0.6) is 0 Å². The number of hydrogen-bond acceptors (Lipinski definition) is 5. The molecule has 0 saturated carbocycles. The van der Waals surface area contributed by atoms with Crippen LogP contribution in [0.25, 0.3) is 0 Å². The minimum absolute atomic E-state index is 0.106. The van der Waals surface area contributed by atoms with Gasteiger partial charge < -0.3 is 5.73 Å². The quantitative estimate of drug-likeness (QED) is 0.780. The third-order valence-corrected chi connectivity index (χ3v) is 4.82. The molecule has 0 aliphatic heterocycles. The van der Waals surface area contributed by atoms with Crippen molar-refractivity contribution in [3.8, 4) is 0 Å². The Morgan fingerprint density at radius 3 is 2.50 bits per heavy atom. The smallest absolute Gasteiger partial charge is 0.211 e. The molecular weight excluding hydrogens is 196 g/mol. The molecule has 0 aliphatic rings. The van der Waals surface area contributed by atoms with Crippen molar-refractivity contribution in [2.45, 2.75) is 23.4 Å². The molecule has 0 bridgehead atoms. The normalized spacial score (nSPS) is 12.2. The summed E-state index contributed by atoms with van der Waals surface area (Å²) in [6, 6.07) is 0. The maximum atomic E-state index is 11.4. The van der Waals surface area contributed by atoms with Crippen molar-refractivity contribution in [3.63, 3.8) is 0 Å². The lowest BCUT2D eigenvalue weighted by molar-refractivity contribution is 0.586. The molecule has 2 N–H and O–H groups in total. The zero-order chi connectivity index (χ0) is 9.35. The van der Waals surface area contributed by atoms with E-state index in [4.69, 9.17) is 5.73 Å². The molecule has 0 spiro atoms. The summed E-state index contributed by atoms with van der Waals surface area (Å²) in [6.07, 6.45) is 0. The summed E-state index contributed by atoms with van der Waals surface area (Å²) in [4.78, 5) is 3.71. The van der Waals surface area contributed by atoms with Gasteiger partial charge in [-0.15, -0.1) is 11.3 Å². The monoisotopic (exact) mass is 206 g/mol. The molecule has 0 unspecified atom stereocenters. The Bertz CT molecular complexity index is 367. The molecule has 1 rings (SSSR count).